The first-order valence-corrected chi connectivity index (χ1v) is 8.69. The molecule has 0 aliphatic carbocycles. The average Bonchev–Trinajstić information content (AvgIpc) is 2.66. The molecule has 1 aromatic heterocycles. The number of anilines is 1. The topological polar surface area (TPSA) is 78.4 Å². The molecule has 7 nitrogen and oxygen atoms in total. The van der Waals surface area contributed by atoms with Gasteiger partial charge in [-0.1, -0.05) is 29.8 Å². The molecule has 3 rings (SSSR count). The second-order valence-corrected chi connectivity index (χ2v) is 6.43. The van der Waals surface area contributed by atoms with E-state index in [9.17, 15) is 9.59 Å². The lowest BCUT2D eigenvalue weighted by molar-refractivity contribution is -0.130. The van der Waals surface area contributed by atoms with Crippen LogP contribution in [-0.4, -0.2) is 57.8 Å². The van der Waals surface area contributed by atoms with Crippen molar-refractivity contribution in [2.75, 3.05) is 31.5 Å². The minimum atomic E-state index is -0.147. The Bertz CT molecular complexity index is 783. The molecule has 2 amide bonds. The number of amides is 2. The van der Waals surface area contributed by atoms with Crippen LogP contribution in [0.5, 0.6) is 0 Å². The molecular formula is C19H23N5O2. The normalized spacial score (nSPS) is 14.2. The molecule has 1 fully saturated rings. The number of carbonyl (C=O) groups is 2. The van der Waals surface area contributed by atoms with Crippen molar-refractivity contribution in [3.05, 3.63) is 53.5 Å². The molecule has 0 saturated carbocycles. The molecule has 136 valence electrons. The summed E-state index contributed by atoms with van der Waals surface area (Å²) >= 11 is 0. The molecule has 2 aromatic rings. The maximum atomic E-state index is 12.5. The van der Waals surface area contributed by atoms with E-state index in [0.29, 0.717) is 44.2 Å². The molecule has 2 heterocycles. The minimum Gasteiger partial charge on any atom is -0.365 e. The van der Waals surface area contributed by atoms with Gasteiger partial charge in [-0.2, -0.15) is 0 Å². The Morgan fingerprint density at radius 3 is 2.42 bits per heavy atom. The first-order valence-electron chi connectivity index (χ1n) is 8.69. The number of aromatic nitrogens is 2. The molecule has 0 spiro atoms. The number of nitrogens with zero attached hydrogens (tertiary/aromatic N) is 4. The standard InChI is InChI=1S/C19H23N5O2/c1-14-4-3-5-16(10-14)11-21-18-13-20-17(12-22-18)19(26)24-8-6-23(7-9-24)15(2)25/h3-5,10,12-13H,6-9,11H2,1-2H3,(H,21,22). The molecule has 7 heteroatoms. The van der Waals surface area contributed by atoms with Crippen LogP contribution in [0.25, 0.3) is 0 Å². The van der Waals surface area contributed by atoms with Crippen LogP contribution in [0, 0.1) is 6.92 Å². The van der Waals surface area contributed by atoms with Crippen LogP contribution in [0.3, 0.4) is 0 Å². The Labute approximate surface area is 153 Å². The fraction of sp³-hybridized carbons (Fsp3) is 0.368. The molecule has 26 heavy (non-hydrogen) atoms. The summed E-state index contributed by atoms with van der Waals surface area (Å²) in [6, 6.07) is 8.23. The maximum Gasteiger partial charge on any atom is 0.274 e. The number of piperazine rings is 1. The van der Waals surface area contributed by atoms with Crippen molar-refractivity contribution < 1.29 is 9.59 Å². The number of hydrogen-bond donors (Lipinski definition) is 1. The number of hydrogen-bond acceptors (Lipinski definition) is 5. The lowest BCUT2D eigenvalue weighted by atomic mass is 10.1. The predicted octanol–water partition coefficient (Wildman–Crippen LogP) is 1.70. The van der Waals surface area contributed by atoms with Gasteiger partial charge in [-0.25, -0.2) is 9.97 Å². The fourth-order valence-electron chi connectivity index (χ4n) is 2.93. The van der Waals surface area contributed by atoms with Gasteiger partial charge in [-0.15, -0.1) is 0 Å². The fourth-order valence-corrected chi connectivity index (χ4v) is 2.93. The maximum absolute atomic E-state index is 12.5. The molecule has 0 atom stereocenters. The number of nitrogens with one attached hydrogen (secondary N) is 1. The summed E-state index contributed by atoms with van der Waals surface area (Å²) in [6.45, 7) is 6.41. The van der Waals surface area contributed by atoms with Gasteiger partial charge >= 0.3 is 0 Å². The second-order valence-electron chi connectivity index (χ2n) is 6.43. The van der Waals surface area contributed by atoms with E-state index in [1.807, 2.05) is 12.1 Å². The zero-order valence-electron chi connectivity index (χ0n) is 15.1. The van der Waals surface area contributed by atoms with E-state index in [4.69, 9.17) is 0 Å². The Kier molecular flexibility index (Phi) is 5.46. The van der Waals surface area contributed by atoms with Crippen molar-refractivity contribution in [2.45, 2.75) is 20.4 Å². The second kappa shape index (κ2) is 7.95. The van der Waals surface area contributed by atoms with E-state index in [0.717, 1.165) is 5.56 Å². The first kappa shape index (κ1) is 17.8. The van der Waals surface area contributed by atoms with Gasteiger partial charge in [0.15, 0.2) is 0 Å². The number of benzene rings is 1. The largest absolute Gasteiger partial charge is 0.365 e. The number of carbonyl (C=O) groups excluding carboxylic acids is 2. The SMILES string of the molecule is CC(=O)N1CCN(C(=O)c2cnc(NCc3cccc(C)c3)cn2)CC1. The number of rotatable bonds is 4. The van der Waals surface area contributed by atoms with Gasteiger partial charge in [0.05, 0.1) is 12.4 Å². The highest BCUT2D eigenvalue weighted by molar-refractivity contribution is 5.92. The molecule has 1 aliphatic heterocycles. The van der Waals surface area contributed by atoms with Crippen molar-refractivity contribution in [3.63, 3.8) is 0 Å². The van der Waals surface area contributed by atoms with E-state index < -0.39 is 0 Å². The van der Waals surface area contributed by atoms with E-state index in [2.05, 4.69) is 34.3 Å². The summed E-state index contributed by atoms with van der Waals surface area (Å²) in [7, 11) is 0. The number of aryl methyl sites for hydroxylation is 1. The van der Waals surface area contributed by atoms with Crippen molar-refractivity contribution in [1.29, 1.82) is 0 Å². The predicted molar refractivity (Wildman–Crippen MR) is 98.7 cm³/mol. The van der Waals surface area contributed by atoms with Crippen LogP contribution in [0.2, 0.25) is 0 Å². The molecular weight excluding hydrogens is 330 g/mol. The van der Waals surface area contributed by atoms with Gasteiger partial charge in [0, 0.05) is 39.6 Å². The first-order chi connectivity index (χ1) is 12.5. The van der Waals surface area contributed by atoms with Crippen LogP contribution < -0.4 is 5.32 Å². The quantitative estimate of drug-likeness (QED) is 0.905. The Morgan fingerprint density at radius 1 is 1.08 bits per heavy atom. The van der Waals surface area contributed by atoms with Crippen LogP contribution in [0.15, 0.2) is 36.7 Å². The average molecular weight is 353 g/mol. The summed E-state index contributed by atoms with van der Waals surface area (Å²) < 4.78 is 0. The zero-order chi connectivity index (χ0) is 18.5. The van der Waals surface area contributed by atoms with E-state index in [-0.39, 0.29) is 11.8 Å². The third-order valence-corrected chi connectivity index (χ3v) is 4.44. The van der Waals surface area contributed by atoms with Gasteiger partial charge in [0.2, 0.25) is 5.91 Å². The van der Waals surface area contributed by atoms with Crippen molar-refractivity contribution in [1.82, 2.24) is 19.8 Å². The van der Waals surface area contributed by atoms with Crippen LogP contribution in [0.1, 0.15) is 28.5 Å². The van der Waals surface area contributed by atoms with Gasteiger partial charge in [0.1, 0.15) is 11.5 Å². The molecule has 0 unspecified atom stereocenters. The lowest BCUT2D eigenvalue weighted by Gasteiger charge is -2.33. The lowest BCUT2D eigenvalue weighted by Crippen LogP contribution is -2.50. The zero-order valence-corrected chi connectivity index (χ0v) is 15.1. The highest BCUT2D eigenvalue weighted by Gasteiger charge is 2.24. The monoisotopic (exact) mass is 353 g/mol. The highest BCUT2D eigenvalue weighted by Crippen LogP contribution is 2.10. The smallest absolute Gasteiger partial charge is 0.274 e. The Hall–Kier alpha value is -2.96. The van der Waals surface area contributed by atoms with Gasteiger partial charge < -0.3 is 15.1 Å². The summed E-state index contributed by atoms with van der Waals surface area (Å²) in [6.07, 6.45) is 3.08. The van der Waals surface area contributed by atoms with Crippen molar-refractivity contribution in [2.24, 2.45) is 0 Å². The molecule has 1 saturated heterocycles. The summed E-state index contributed by atoms with van der Waals surface area (Å²) in [5.74, 6) is 0.524. The van der Waals surface area contributed by atoms with Gasteiger partial charge in [-0.05, 0) is 12.5 Å². The van der Waals surface area contributed by atoms with Crippen LogP contribution >= 0.6 is 0 Å². The van der Waals surface area contributed by atoms with Crippen molar-refractivity contribution in [3.8, 4) is 0 Å². The van der Waals surface area contributed by atoms with Gasteiger partial charge in [-0.3, -0.25) is 9.59 Å². The summed E-state index contributed by atoms with van der Waals surface area (Å²) in [4.78, 5) is 35.8. The van der Waals surface area contributed by atoms with Crippen LogP contribution in [-0.2, 0) is 11.3 Å². The van der Waals surface area contributed by atoms with E-state index in [1.165, 1.54) is 11.8 Å². The van der Waals surface area contributed by atoms with E-state index >= 15 is 0 Å². The molecule has 1 N–H and O–H groups in total. The molecule has 0 radical (unpaired) electrons. The van der Waals surface area contributed by atoms with E-state index in [1.54, 1.807) is 22.9 Å². The highest BCUT2D eigenvalue weighted by atomic mass is 16.2. The van der Waals surface area contributed by atoms with Gasteiger partial charge in [0.25, 0.3) is 5.91 Å². The third kappa shape index (κ3) is 4.36. The van der Waals surface area contributed by atoms with Crippen LogP contribution in [0.4, 0.5) is 5.82 Å². The minimum absolute atomic E-state index is 0.0425. The molecule has 1 aliphatic rings. The summed E-state index contributed by atoms with van der Waals surface area (Å²) in [5, 5.41) is 3.21. The van der Waals surface area contributed by atoms with Crippen molar-refractivity contribution >= 4 is 17.6 Å². The summed E-state index contributed by atoms with van der Waals surface area (Å²) in [5.41, 5.74) is 2.69. The third-order valence-electron chi connectivity index (χ3n) is 4.44. The Morgan fingerprint density at radius 2 is 1.81 bits per heavy atom. The molecule has 0 bridgehead atoms. The molecule has 1 aromatic carbocycles. The Balaban J connectivity index is 1.55.